The third-order valence-electron chi connectivity index (χ3n) is 6.10. The zero-order valence-electron chi connectivity index (χ0n) is 22.4. The van der Waals surface area contributed by atoms with Gasteiger partial charge in [0.2, 0.25) is 0 Å². The van der Waals surface area contributed by atoms with Crippen molar-refractivity contribution in [1.29, 1.82) is 0 Å². The molecule has 0 unspecified atom stereocenters. The molecule has 32 heavy (non-hydrogen) atoms. The minimum atomic E-state index is -0.840. The summed E-state index contributed by atoms with van der Waals surface area (Å²) in [6.45, 7) is 28.7. The average Bonchev–Trinajstić information content (AvgIpc) is 2.66. The molecular weight excluding hydrogens is 612 g/mol. The molecule has 0 saturated heterocycles. The van der Waals surface area contributed by atoms with Crippen LogP contribution in [-0.2, 0) is 20.0 Å². The zero-order chi connectivity index (χ0) is 25.0. The SMILES string of the molecule is CC(C)c1cc(C(C)C)c(-c2ccccc2[PH+](C(C)(C)C)C(C)(C)C)c(C(C)C)c1.[Cl][Au]. The van der Waals surface area contributed by atoms with Crippen LogP contribution in [0.5, 0.6) is 0 Å². The molecule has 184 valence electrons. The van der Waals surface area contributed by atoms with E-state index in [2.05, 4.69) is 129 Å². The molecule has 0 bridgehead atoms. The number of rotatable bonds is 5. The van der Waals surface area contributed by atoms with Crippen molar-refractivity contribution in [1.82, 2.24) is 0 Å². The summed E-state index contributed by atoms with van der Waals surface area (Å²) in [5.41, 5.74) is 7.50. The molecule has 2 aromatic rings. The predicted molar refractivity (Wildman–Crippen MR) is 147 cm³/mol. The van der Waals surface area contributed by atoms with Crippen LogP contribution in [0.4, 0.5) is 0 Å². The first-order chi connectivity index (χ1) is 14.7. The van der Waals surface area contributed by atoms with E-state index in [1.807, 2.05) is 0 Å². The van der Waals surface area contributed by atoms with Crippen LogP contribution in [-0.4, -0.2) is 10.3 Å². The first-order valence-electron chi connectivity index (χ1n) is 11.9. The van der Waals surface area contributed by atoms with E-state index in [0.717, 1.165) is 0 Å². The molecule has 2 rings (SSSR count). The summed E-state index contributed by atoms with van der Waals surface area (Å²) >= 11 is 1.75. The van der Waals surface area contributed by atoms with E-state index in [1.165, 1.54) is 27.8 Å². The maximum atomic E-state index is 4.58. The van der Waals surface area contributed by atoms with Gasteiger partial charge >= 0.3 is 29.2 Å². The van der Waals surface area contributed by atoms with Gasteiger partial charge in [-0.1, -0.05) is 71.9 Å². The molecule has 0 amide bonds. The van der Waals surface area contributed by atoms with E-state index in [4.69, 9.17) is 0 Å². The molecule has 2 aromatic carbocycles. The Kier molecular flexibility index (Phi) is 11.3. The van der Waals surface area contributed by atoms with Crippen LogP contribution >= 0.6 is 17.1 Å². The number of benzene rings is 2. The standard InChI is InChI=1S/C29H45P.Au.ClH/c1-19(2)22-17-24(20(3)4)27(25(18-22)21(5)6)23-15-13-14-16-26(23)30(28(7,8)9)29(10,11)12;;/h13-21H,1-12H3;;1H/q;+1;. The summed E-state index contributed by atoms with van der Waals surface area (Å²) in [5, 5.41) is 2.17. The molecule has 0 heterocycles. The van der Waals surface area contributed by atoms with Gasteiger partial charge in [0.25, 0.3) is 0 Å². The molecule has 0 aromatic heterocycles. The fraction of sp³-hybridized carbons (Fsp3) is 0.586. The van der Waals surface area contributed by atoms with Crippen LogP contribution in [0.3, 0.4) is 0 Å². The maximum absolute atomic E-state index is 4.58. The number of halogens is 1. The number of hydrogen-bond donors (Lipinski definition) is 0. The van der Waals surface area contributed by atoms with Crippen LogP contribution in [0.1, 0.15) is 118 Å². The average molecular weight is 658 g/mol. The Balaban J connectivity index is 0.00000249. The second-order valence-corrected chi connectivity index (χ2v) is 16.2. The van der Waals surface area contributed by atoms with E-state index in [9.17, 15) is 0 Å². The monoisotopic (exact) mass is 657 g/mol. The third kappa shape index (κ3) is 7.20. The van der Waals surface area contributed by atoms with Crippen molar-refractivity contribution in [3.05, 3.63) is 53.1 Å². The molecule has 3 heteroatoms. The van der Waals surface area contributed by atoms with Crippen LogP contribution in [0, 0.1) is 0 Å². The summed E-state index contributed by atoms with van der Waals surface area (Å²) in [5.74, 6) is 1.56. The normalized spacial score (nSPS) is 12.6. The van der Waals surface area contributed by atoms with Crippen molar-refractivity contribution in [2.75, 3.05) is 0 Å². The van der Waals surface area contributed by atoms with Crippen molar-refractivity contribution in [2.24, 2.45) is 0 Å². The summed E-state index contributed by atoms with van der Waals surface area (Å²) < 4.78 is 0. The third-order valence-corrected chi connectivity index (χ3v) is 10.1. The predicted octanol–water partition coefficient (Wildman–Crippen LogP) is 9.85. The molecule has 0 atom stereocenters. The summed E-state index contributed by atoms with van der Waals surface area (Å²) in [7, 11) is 3.74. The summed E-state index contributed by atoms with van der Waals surface area (Å²) in [4.78, 5) is 0. The summed E-state index contributed by atoms with van der Waals surface area (Å²) in [6.07, 6.45) is 0. The first kappa shape index (κ1) is 29.9. The minimum absolute atomic E-state index is 0.285. The van der Waals surface area contributed by atoms with Crippen molar-refractivity contribution in [3.8, 4) is 11.1 Å². The molecule has 0 fully saturated rings. The molecule has 0 aliphatic heterocycles. The van der Waals surface area contributed by atoms with E-state index < -0.39 is 7.92 Å². The molecular formula is C29H46AuClP+. The van der Waals surface area contributed by atoms with Crippen molar-refractivity contribution >= 4 is 22.4 Å². The van der Waals surface area contributed by atoms with Gasteiger partial charge in [0, 0.05) is 13.5 Å². The van der Waals surface area contributed by atoms with E-state index in [1.54, 1.807) is 25.3 Å². The number of hydrogen-bond acceptors (Lipinski definition) is 0. The Hall–Kier alpha value is -0.0997. The van der Waals surface area contributed by atoms with Gasteiger partial charge in [-0.3, -0.25) is 0 Å². The Labute approximate surface area is 216 Å². The Morgan fingerprint density at radius 1 is 0.688 bits per heavy atom. The fourth-order valence-corrected chi connectivity index (χ4v) is 9.73. The molecule has 0 saturated carbocycles. The van der Waals surface area contributed by atoms with Gasteiger partial charge in [-0.2, -0.15) is 0 Å². The Morgan fingerprint density at radius 3 is 1.44 bits per heavy atom. The molecule has 0 radical (unpaired) electrons. The Morgan fingerprint density at radius 2 is 1.09 bits per heavy atom. The molecule has 0 aliphatic carbocycles. The topological polar surface area (TPSA) is 0 Å². The quantitative estimate of drug-likeness (QED) is 0.222. The summed E-state index contributed by atoms with van der Waals surface area (Å²) in [6, 6.07) is 14.3. The van der Waals surface area contributed by atoms with Gasteiger partial charge in [0.1, 0.15) is 5.30 Å². The Bertz CT molecular complexity index is 826. The second kappa shape index (κ2) is 12.0. The van der Waals surface area contributed by atoms with Crippen LogP contribution in [0.2, 0.25) is 0 Å². The first-order valence-corrected chi connectivity index (χ1v) is 16.1. The van der Waals surface area contributed by atoms with Gasteiger partial charge < -0.3 is 0 Å². The van der Waals surface area contributed by atoms with Crippen LogP contribution < -0.4 is 5.30 Å². The van der Waals surface area contributed by atoms with Gasteiger partial charge in [-0.05, 0) is 87.6 Å². The van der Waals surface area contributed by atoms with Gasteiger partial charge in [-0.15, -0.1) is 0 Å². The molecule has 0 aliphatic rings. The zero-order valence-corrected chi connectivity index (χ0v) is 26.3. The molecule has 0 N–H and O–H groups in total. The van der Waals surface area contributed by atoms with Crippen molar-refractivity contribution < 1.29 is 20.0 Å². The second-order valence-electron chi connectivity index (χ2n) is 12.0. The van der Waals surface area contributed by atoms with Gasteiger partial charge in [0.05, 0.1) is 10.3 Å². The van der Waals surface area contributed by atoms with Crippen LogP contribution in [0.15, 0.2) is 36.4 Å². The van der Waals surface area contributed by atoms with E-state index >= 15 is 0 Å². The van der Waals surface area contributed by atoms with E-state index in [0.29, 0.717) is 17.8 Å². The fourth-order valence-electron chi connectivity index (χ4n) is 5.12. The van der Waals surface area contributed by atoms with Gasteiger partial charge in [-0.25, -0.2) is 0 Å². The molecule has 0 nitrogen and oxygen atoms in total. The van der Waals surface area contributed by atoms with Crippen molar-refractivity contribution in [2.45, 2.75) is 111 Å². The van der Waals surface area contributed by atoms with Gasteiger partial charge in [0.15, 0.2) is 0 Å². The van der Waals surface area contributed by atoms with E-state index in [-0.39, 0.29) is 10.3 Å². The van der Waals surface area contributed by atoms with Crippen LogP contribution in [0.25, 0.3) is 11.1 Å². The van der Waals surface area contributed by atoms with Crippen molar-refractivity contribution in [3.63, 3.8) is 0 Å². The molecule has 0 spiro atoms.